The molecular formula is C8H5ClFN3S. The molecule has 0 unspecified atom stereocenters. The third-order valence-corrected chi connectivity index (χ3v) is 2.68. The van der Waals surface area contributed by atoms with Crippen LogP contribution in [-0.2, 0) is 0 Å². The fourth-order valence-electron chi connectivity index (χ4n) is 1.04. The van der Waals surface area contributed by atoms with Crippen molar-refractivity contribution in [3.8, 4) is 10.6 Å². The first kappa shape index (κ1) is 9.36. The molecule has 0 bridgehead atoms. The molecule has 3 nitrogen and oxygen atoms in total. The Morgan fingerprint density at radius 3 is 2.79 bits per heavy atom. The smallest absolute Gasteiger partial charge is 0.232 e. The zero-order valence-electron chi connectivity index (χ0n) is 6.87. The van der Waals surface area contributed by atoms with Crippen molar-refractivity contribution in [1.29, 1.82) is 0 Å². The predicted octanol–water partition coefficient (Wildman–Crippen LogP) is 2.58. The maximum absolute atomic E-state index is 13.4. The first-order valence-electron chi connectivity index (χ1n) is 3.72. The number of anilines is 1. The average molecular weight is 230 g/mol. The molecule has 0 saturated heterocycles. The Morgan fingerprint density at radius 2 is 2.21 bits per heavy atom. The monoisotopic (exact) mass is 229 g/mol. The molecule has 14 heavy (non-hydrogen) atoms. The van der Waals surface area contributed by atoms with E-state index >= 15 is 0 Å². The van der Waals surface area contributed by atoms with E-state index in [1.807, 2.05) is 0 Å². The molecule has 2 rings (SSSR count). The summed E-state index contributed by atoms with van der Waals surface area (Å²) in [6.45, 7) is 0. The van der Waals surface area contributed by atoms with Crippen molar-refractivity contribution in [3.05, 3.63) is 29.0 Å². The van der Waals surface area contributed by atoms with Crippen LogP contribution in [0.25, 0.3) is 10.6 Å². The highest BCUT2D eigenvalue weighted by Gasteiger charge is 2.13. The Kier molecular flexibility index (Phi) is 2.35. The number of halogens is 2. The van der Waals surface area contributed by atoms with Gasteiger partial charge in [0, 0.05) is 0 Å². The first-order chi connectivity index (χ1) is 6.68. The van der Waals surface area contributed by atoms with Gasteiger partial charge in [0.2, 0.25) is 5.95 Å². The molecule has 2 aromatic rings. The summed E-state index contributed by atoms with van der Waals surface area (Å²) in [5.41, 5.74) is 5.59. The van der Waals surface area contributed by atoms with Crippen LogP contribution in [0.4, 0.5) is 10.3 Å². The Balaban J connectivity index is 2.61. The van der Waals surface area contributed by atoms with E-state index in [0.717, 1.165) is 11.5 Å². The second-order valence-corrected chi connectivity index (χ2v) is 3.71. The van der Waals surface area contributed by atoms with Gasteiger partial charge in [0.1, 0.15) is 10.8 Å². The maximum Gasteiger partial charge on any atom is 0.232 e. The Morgan fingerprint density at radius 1 is 1.43 bits per heavy atom. The molecular weight excluding hydrogens is 225 g/mol. The minimum atomic E-state index is -0.423. The van der Waals surface area contributed by atoms with Gasteiger partial charge in [0.05, 0.1) is 10.6 Å². The van der Waals surface area contributed by atoms with Crippen LogP contribution in [0.1, 0.15) is 0 Å². The van der Waals surface area contributed by atoms with Gasteiger partial charge in [0.15, 0.2) is 0 Å². The van der Waals surface area contributed by atoms with Crippen molar-refractivity contribution in [1.82, 2.24) is 9.36 Å². The molecule has 0 radical (unpaired) electrons. The third-order valence-electron chi connectivity index (χ3n) is 1.62. The minimum absolute atomic E-state index is 0.129. The molecule has 1 aromatic carbocycles. The fraction of sp³-hybridized carbons (Fsp3) is 0. The Hall–Kier alpha value is -1.20. The van der Waals surface area contributed by atoms with Crippen molar-refractivity contribution in [2.45, 2.75) is 0 Å². The van der Waals surface area contributed by atoms with Crippen LogP contribution in [0, 0.1) is 5.82 Å². The quantitative estimate of drug-likeness (QED) is 0.818. The molecule has 0 saturated carbocycles. The predicted molar refractivity (Wildman–Crippen MR) is 54.7 cm³/mol. The van der Waals surface area contributed by atoms with Crippen LogP contribution in [0.3, 0.4) is 0 Å². The van der Waals surface area contributed by atoms with Crippen molar-refractivity contribution in [2.24, 2.45) is 0 Å². The van der Waals surface area contributed by atoms with E-state index in [1.165, 1.54) is 12.1 Å². The van der Waals surface area contributed by atoms with Crippen LogP contribution in [0.5, 0.6) is 0 Å². The van der Waals surface area contributed by atoms with Gasteiger partial charge < -0.3 is 5.73 Å². The van der Waals surface area contributed by atoms with Crippen molar-refractivity contribution in [2.75, 3.05) is 5.73 Å². The molecule has 1 heterocycles. The highest BCUT2D eigenvalue weighted by Crippen LogP contribution is 2.31. The summed E-state index contributed by atoms with van der Waals surface area (Å²) in [6.07, 6.45) is 0. The van der Waals surface area contributed by atoms with Crippen molar-refractivity contribution < 1.29 is 4.39 Å². The molecule has 0 atom stereocenters. The Bertz CT molecular complexity index is 451. The SMILES string of the molecule is Nc1nsc(-c2c(F)cccc2Cl)n1. The average Bonchev–Trinajstić information content (AvgIpc) is 2.51. The molecule has 0 aliphatic rings. The van der Waals surface area contributed by atoms with E-state index < -0.39 is 5.82 Å². The van der Waals surface area contributed by atoms with Crippen molar-refractivity contribution >= 4 is 29.1 Å². The van der Waals surface area contributed by atoms with Gasteiger partial charge in [-0.25, -0.2) is 4.39 Å². The standard InChI is InChI=1S/C8H5ClFN3S/c9-4-2-1-3-5(10)6(4)7-12-8(11)13-14-7/h1-3H,(H2,11,13). The van der Waals surface area contributed by atoms with Crippen LogP contribution in [0.2, 0.25) is 5.02 Å². The van der Waals surface area contributed by atoms with E-state index in [2.05, 4.69) is 9.36 Å². The summed E-state index contributed by atoms with van der Waals surface area (Å²) in [6, 6.07) is 4.45. The van der Waals surface area contributed by atoms with Crippen LogP contribution >= 0.6 is 23.1 Å². The van der Waals surface area contributed by atoms with Crippen LogP contribution < -0.4 is 5.73 Å². The number of hydrogen-bond donors (Lipinski definition) is 1. The van der Waals surface area contributed by atoms with Gasteiger partial charge in [-0.15, -0.1) is 0 Å². The molecule has 0 spiro atoms. The number of benzene rings is 1. The lowest BCUT2D eigenvalue weighted by Gasteiger charge is -1.99. The number of aromatic nitrogens is 2. The highest BCUT2D eigenvalue weighted by molar-refractivity contribution is 7.09. The molecule has 6 heteroatoms. The van der Waals surface area contributed by atoms with E-state index in [-0.39, 0.29) is 11.5 Å². The van der Waals surface area contributed by atoms with E-state index in [4.69, 9.17) is 17.3 Å². The number of hydrogen-bond acceptors (Lipinski definition) is 4. The molecule has 1 aromatic heterocycles. The molecule has 0 aliphatic heterocycles. The zero-order valence-corrected chi connectivity index (χ0v) is 8.44. The lowest BCUT2D eigenvalue weighted by molar-refractivity contribution is 0.631. The highest BCUT2D eigenvalue weighted by atomic mass is 35.5. The minimum Gasteiger partial charge on any atom is -0.367 e. The van der Waals surface area contributed by atoms with E-state index in [0.29, 0.717) is 10.0 Å². The lowest BCUT2D eigenvalue weighted by atomic mass is 10.2. The summed E-state index contributed by atoms with van der Waals surface area (Å²) in [4.78, 5) is 3.86. The number of nitrogens with zero attached hydrogens (tertiary/aromatic N) is 2. The molecule has 0 fully saturated rings. The van der Waals surface area contributed by atoms with E-state index in [1.54, 1.807) is 6.07 Å². The first-order valence-corrected chi connectivity index (χ1v) is 4.87. The normalized spacial score (nSPS) is 10.4. The van der Waals surface area contributed by atoms with Crippen molar-refractivity contribution in [3.63, 3.8) is 0 Å². The third kappa shape index (κ3) is 1.56. The summed E-state index contributed by atoms with van der Waals surface area (Å²) in [7, 11) is 0. The summed E-state index contributed by atoms with van der Waals surface area (Å²) >= 11 is 6.85. The molecule has 72 valence electrons. The maximum atomic E-state index is 13.4. The van der Waals surface area contributed by atoms with Gasteiger partial charge in [-0.05, 0) is 23.7 Å². The summed E-state index contributed by atoms with van der Waals surface area (Å²) in [5, 5.41) is 0.701. The topological polar surface area (TPSA) is 51.8 Å². The zero-order chi connectivity index (χ0) is 10.1. The van der Waals surface area contributed by atoms with Crippen LogP contribution in [0.15, 0.2) is 18.2 Å². The number of rotatable bonds is 1. The van der Waals surface area contributed by atoms with Gasteiger partial charge >= 0.3 is 0 Å². The van der Waals surface area contributed by atoms with E-state index in [9.17, 15) is 4.39 Å². The largest absolute Gasteiger partial charge is 0.367 e. The summed E-state index contributed by atoms with van der Waals surface area (Å²) in [5.74, 6) is -0.294. The molecule has 2 N–H and O–H groups in total. The van der Waals surface area contributed by atoms with Crippen LogP contribution in [-0.4, -0.2) is 9.36 Å². The van der Waals surface area contributed by atoms with Gasteiger partial charge in [-0.1, -0.05) is 17.7 Å². The fourth-order valence-corrected chi connectivity index (χ4v) is 2.00. The molecule has 0 aliphatic carbocycles. The number of nitrogens with two attached hydrogens (primary N) is 1. The van der Waals surface area contributed by atoms with Gasteiger partial charge in [-0.3, -0.25) is 0 Å². The summed E-state index contributed by atoms with van der Waals surface area (Å²) < 4.78 is 17.1. The lowest BCUT2D eigenvalue weighted by Crippen LogP contribution is -1.88. The Labute approximate surface area is 88.5 Å². The van der Waals surface area contributed by atoms with Gasteiger partial charge in [-0.2, -0.15) is 9.36 Å². The molecule has 0 amide bonds. The number of nitrogen functional groups attached to an aromatic ring is 1. The second kappa shape index (κ2) is 3.51. The second-order valence-electron chi connectivity index (χ2n) is 2.55. The van der Waals surface area contributed by atoms with Gasteiger partial charge in [0.25, 0.3) is 0 Å².